The summed E-state index contributed by atoms with van der Waals surface area (Å²) in [7, 11) is 0. The van der Waals surface area contributed by atoms with E-state index in [0.717, 1.165) is 28.2 Å². The maximum Gasteiger partial charge on any atom is 0.128 e. The number of benzene rings is 2. The van der Waals surface area contributed by atoms with Crippen LogP contribution in [0.15, 0.2) is 48.5 Å². The number of hydrogen-bond acceptors (Lipinski definition) is 2. The second-order valence-electron chi connectivity index (χ2n) is 4.95. The molecule has 1 aromatic heterocycles. The van der Waals surface area contributed by atoms with Crippen molar-refractivity contribution in [1.82, 2.24) is 4.98 Å². The minimum atomic E-state index is -0.590. The van der Waals surface area contributed by atoms with Gasteiger partial charge in [-0.1, -0.05) is 18.2 Å². The van der Waals surface area contributed by atoms with E-state index in [1.807, 2.05) is 37.3 Å². The first-order chi connectivity index (χ1) is 10.1. The normalized spacial score (nSPS) is 10.8. The molecule has 0 saturated heterocycles. The van der Waals surface area contributed by atoms with Crippen LogP contribution in [0.4, 0.5) is 14.5 Å². The zero-order valence-electron chi connectivity index (χ0n) is 11.5. The highest BCUT2D eigenvalue weighted by molar-refractivity contribution is 5.82. The second-order valence-corrected chi connectivity index (χ2v) is 4.95. The van der Waals surface area contributed by atoms with Gasteiger partial charge in [0.1, 0.15) is 11.6 Å². The monoisotopic (exact) mass is 284 g/mol. The van der Waals surface area contributed by atoms with Gasteiger partial charge in [-0.2, -0.15) is 0 Å². The summed E-state index contributed by atoms with van der Waals surface area (Å²) in [6, 6.07) is 13.2. The molecular formula is C17H14F2N2. The van der Waals surface area contributed by atoms with Crippen LogP contribution in [0.25, 0.3) is 10.9 Å². The van der Waals surface area contributed by atoms with Crippen molar-refractivity contribution in [3.63, 3.8) is 0 Å². The van der Waals surface area contributed by atoms with Crippen LogP contribution in [-0.2, 0) is 6.54 Å². The van der Waals surface area contributed by atoms with Crippen LogP contribution in [0.3, 0.4) is 0 Å². The maximum absolute atomic E-state index is 13.2. The van der Waals surface area contributed by atoms with Gasteiger partial charge in [0.25, 0.3) is 0 Å². The molecule has 0 amide bonds. The Morgan fingerprint density at radius 2 is 1.71 bits per heavy atom. The summed E-state index contributed by atoms with van der Waals surface area (Å²) in [6.07, 6.45) is 0. The van der Waals surface area contributed by atoms with Crippen LogP contribution in [0.2, 0.25) is 0 Å². The van der Waals surface area contributed by atoms with Crippen molar-refractivity contribution in [2.75, 3.05) is 5.32 Å². The molecule has 0 aliphatic heterocycles. The Labute approximate surface area is 121 Å². The Morgan fingerprint density at radius 3 is 2.48 bits per heavy atom. The van der Waals surface area contributed by atoms with E-state index in [4.69, 9.17) is 0 Å². The molecule has 0 radical (unpaired) electrons. The van der Waals surface area contributed by atoms with E-state index in [1.54, 1.807) is 0 Å². The molecule has 1 N–H and O–H groups in total. The van der Waals surface area contributed by atoms with E-state index in [0.29, 0.717) is 12.2 Å². The van der Waals surface area contributed by atoms with E-state index in [9.17, 15) is 8.78 Å². The zero-order valence-corrected chi connectivity index (χ0v) is 11.5. The van der Waals surface area contributed by atoms with Crippen LogP contribution >= 0.6 is 0 Å². The number of anilines is 1. The number of nitrogens with one attached hydrogen (secondary N) is 1. The first-order valence-corrected chi connectivity index (χ1v) is 6.67. The molecule has 0 unspecified atom stereocenters. The van der Waals surface area contributed by atoms with Crippen molar-refractivity contribution in [2.24, 2.45) is 0 Å². The summed E-state index contributed by atoms with van der Waals surface area (Å²) in [5.41, 5.74) is 3.30. The van der Waals surface area contributed by atoms with Crippen LogP contribution in [0.1, 0.15) is 11.3 Å². The molecule has 3 aromatic rings. The first kappa shape index (κ1) is 13.5. The zero-order chi connectivity index (χ0) is 14.8. The number of aromatic nitrogens is 1. The third-order valence-corrected chi connectivity index (χ3v) is 3.28. The number of rotatable bonds is 3. The average Bonchev–Trinajstić information content (AvgIpc) is 2.43. The SMILES string of the molecule is Cc1cc(CNc2cc(F)cc(F)c2)c2ccccc2n1. The lowest BCUT2D eigenvalue weighted by atomic mass is 10.1. The van der Waals surface area contributed by atoms with E-state index >= 15 is 0 Å². The highest BCUT2D eigenvalue weighted by Crippen LogP contribution is 2.20. The van der Waals surface area contributed by atoms with Gasteiger partial charge in [0.05, 0.1) is 5.52 Å². The molecule has 3 rings (SSSR count). The number of nitrogens with zero attached hydrogens (tertiary/aromatic N) is 1. The van der Waals surface area contributed by atoms with E-state index in [1.165, 1.54) is 12.1 Å². The molecule has 0 atom stereocenters. The molecule has 2 aromatic carbocycles. The molecule has 0 aliphatic rings. The minimum Gasteiger partial charge on any atom is -0.381 e. The molecule has 0 saturated carbocycles. The first-order valence-electron chi connectivity index (χ1n) is 6.67. The molecule has 4 heteroatoms. The summed E-state index contributed by atoms with van der Waals surface area (Å²) < 4.78 is 26.4. The number of pyridine rings is 1. The third kappa shape index (κ3) is 2.99. The number of para-hydroxylation sites is 1. The summed E-state index contributed by atoms with van der Waals surface area (Å²) >= 11 is 0. The molecule has 0 aliphatic carbocycles. The maximum atomic E-state index is 13.2. The molecule has 2 nitrogen and oxygen atoms in total. The van der Waals surface area contributed by atoms with E-state index < -0.39 is 11.6 Å². The lowest BCUT2D eigenvalue weighted by Gasteiger charge is -2.10. The van der Waals surface area contributed by atoms with Crippen molar-refractivity contribution >= 4 is 16.6 Å². The van der Waals surface area contributed by atoms with Gasteiger partial charge < -0.3 is 5.32 Å². The van der Waals surface area contributed by atoms with Gasteiger partial charge in [-0.3, -0.25) is 4.98 Å². The standard InChI is InChI=1S/C17H14F2N2/c1-11-6-12(16-4-2-3-5-17(16)21-11)10-20-15-8-13(18)7-14(19)9-15/h2-9,20H,10H2,1H3. The van der Waals surface area contributed by atoms with E-state index in [-0.39, 0.29) is 0 Å². The quantitative estimate of drug-likeness (QED) is 0.769. The topological polar surface area (TPSA) is 24.9 Å². The molecule has 0 bridgehead atoms. The highest BCUT2D eigenvalue weighted by atomic mass is 19.1. The third-order valence-electron chi connectivity index (χ3n) is 3.28. The van der Waals surface area contributed by atoms with Crippen molar-refractivity contribution in [2.45, 2.75) is 13.5 Å². The Morgan fingerprint density at radius 1 is 1.00 bits per heavy atom. The lowest BCUT2D eigenvalue weighted by Crippen LogP contribution is -2.02. The average molecular weight is 284 g/mol. The van der Waals surface area contributed by atoms with Crippen LogP contribution < -0.4 is 5.32 Å². The number of halogens is 2. The van der Waals surface area contributed by atoms with Crippen molar-refractivity contribution in [1.29, 1.82) is 0 Å². The summed E-state index contributed by atoms with van der Waals surface area (Å²) in [5.74, 6) is -1.18. The van der Waals surface area contributed by atoms with E-state index in [2.05, 4.69) is 10.3 Å². The highest BCUT2D eigenvalue weighted by Gasteiger charge is 2.05. The number of fused-ring (bicyclic) bond motifs is 1. The Hall–Kier alpha value is -2.49. The molecule has 1 heterocycles. The van der Waals surface area contributed by atoms with Crippen LogP contribution in [0, 0.1) is 18.6 Å². The molecule has 21 heavy (non-hydrogen) atoms. The lowest BCUT2D eigenvalue weighted by molar-refractivity contribution is 0.584. The Bertz CT molecular complexity index is 780. The smallest absolute Gasteiger partial charge is 0.128 e. The van der Waals surface area contributed by atoms with Gasteiger partial charge in [-0.15, -0.1) is 0 Å². The Balaban J connectivity index is 1.91. The molecule has 0 fully saturated rings. The number of aryl methyl sites for hydroxylation is 1. The fraction of sp³-hybridized carbons (Fsp3) is 0.118. The van der Waals surface area contributed by atoms with Gasteiger partial charge >= 0.3 is 0 Å². The van der Waals surface area contributed by atoms with Crippen molar-refractivity contribution in [3.05, 3.63) is 71.4 Å². The predicted octanol–water partition coefficient (Wildman–Crippen LogP) is 4.43. The predicted molar refractivity (Wildman–Crippen MR) is 80.2 cm³/mol. The van der Waals surface area contributed by atoms with Gasteiger partial charge in [0, 0.05) is 29.4 Å². The van der Waals surface area contributed by atoms with Gasteiger partial charge in [-0.05, 0) is 36.8 Å². The van der Waals surface area contributed by atoms with Crippen molar-refractivity contribution in [3.8, 4) is 0 Å². The van der Waals surface area contributed by atoms with Gasteiger partial charge in [-0.25, -0.2) is 8.78 Å². The Kier molecular flexibility index (Phi) is 3.52. The summed E-state index contributed by atoms with van der Waals surface area (Å²) in [5, 5.41) is 4.09. The fourth-order valence-corrected chi connectivity index (χ4v) is 2.39. The summed E-state index contributed by atoms with van der Waals surface area (Å²) in [6.45, 7) is 2.41. The van der Waals surface area contributed by atoms with Crippen LogP contribution in [-0.4, -0.2) is 4.98 Å². The summed E-state index contributed by atoms with van der Waals surface area (Å²) in [4.78, 5) is 4.47. The molecule has 0 spiro atoms. The largest absolute Gasteiger partial charge is 0.381 e. The minimum absolute atomic E-state index is 0.422. The number of hydrogen-bond donors (Lipinski definition) is 1. The van der Waals surface area contributed by atoms with Crippen LogP contribution in [0.5, 0.6) is 0 Å². The van der Waals surface area contributed by atoms with Gasteiger partial charge in [0.15, 0.2) is 0 Å². The molecular weight excluding hydrogens is 270 g/mol. The second kappa shape index (κ2) is 5.48. The van der Waals surface area contributed by atoms with Gasteiger partial charge in [0.2, 0.25) is 0 Å². The fourth-order valence-electron chi connectivity index (χ4n) is 2.39. The molecule has 106 valence electrons. The van der Waals surface area contributed by atoms with Crippen molar-refractivity contribution < 1.29 is 8.78 Å².